The number of carbonyl (C=O) groups is 1. The maximum absolute atomic E-state index is 12.5. The molecule has 5 heteroatoms. The quantitative estimate of drug-likeness (QED) is 0.683. The Balaban J connectivity index is 1.75. The lowest BCUT2D eigenvalue weighted by atomic mass is 10.1. The van der Waals surface area contributed by atoms with E-state index in [0.29, 0.717) is 0 Å². The minimum atomic E-state index is -0.369. The van der Waals surface area contributed by atoms with Crippen LogP contribution in [0.1, 0.15) is 12.5 Å². The van der Waals surface area contributed by atoms with Crippen LogP contribution < -0.4 is 10.6 Å². The topological polar surface area (TPSA) is 54.0 Å². The Morgan fingerprint density at radius 2 is 2.00 bits per heavy atom. The van der Waals surface area contributed by atoms with Crippen LogP contribution >= 0.6 is 15.9 Å². The third kappa shape index (κ3) is 3.57. The summed E-state index contributed by atoms with van der Waals surface area (Å²) in [7, 11) is 0. The Labute approximate surface area is 149 Å². The highest BCUT2D eigenvalue weighted by molar-refractivity contribution is 9.10. The predicted octanol–water partition coefficient (Wildman–Crippen LogP) is 4.74. The second-order valence-corrected chi connectivity index (χ2v) is 6.55. The number of anilines is 2. The van der Waals surface area contributed by atoms with E-state index in [1.54, 1.807) is 6.20 Å². The summed E-state index contributed by atoms with van der Waals surface area (Å²) >= 11 is 3.51. The lowest BCUT2D eigenvalue weighted by Gasteiger charge is -2.16. The SMILES string of the molecule is Cc1ccc(NC(C)C(=O)Nc2cccc3ncccc23)cc1Br. The van der Waals surface area contributed by atoms with E-state index in [2.05, 4.69) is 31.5 Å². The number of hydrogen-bond acceptors (Lipinski definition) is 3. The van der Waals surface area contributed by atoms with Gasteiger partial charge in [0.25, 0.3) is 0 Å². The van der Waals surface area contributed by atoms with E-state index in [1.165, 1.54) is 0 Å². The van der Waals surface area contributed by atoms with Crippen LogP contribution in [-0.2, 0) is 4.79 Å². The zero-order chi connectivity index (χ0) is 17.1. The van der Waals surface area contributed by atoms with E-state index in [0.717, 1.165) is 32.3 Å². The van der Waals surface area contributed by atoms with Gasteiger partial charge in [0, 0.05) is 21.7 Å². The van der Waals surface area contributed by atoms with Crippen molar-refractivity contribution in [2.45, 2.75) is 19.9 Å². The normalized spacial score (nSPS) is 12.0. The molecule has 24 heavy (non-hydrogen) atoms. The van der Waals surface area contributed by atoms with Crippen LogP contribution in [-0.4, -0.2) is 16.9 Å². The number of fused-ring (bicyclic) bond motifs is 1. The monoisotopic (exact) mass is 383 g/mol. The van der Waals surface area contributed by atoms with Crippen LogP contribution in [0.4, 0.5) is 11.4 Å². The molecule has 1 heterocycles. The van der Waals surface area contributed by atoms with Crippen LogP contribution in [0.15, 0.2) is 59.2 Å². The molecule has 0 aliphatic heterocycles. The second-order valence-electron chi connectivity index (χ2n) is 5.69. The standard InChI is InChI=1S/C19H18BrN3O/c1-12-8-9-14(11-16(12)20)22-13(2)19(24)23-18-7-3-6-17-15(18)5-4-10-21-17/h3-11,13,22H,1-2H3,(H,23,24). The summed E-state index contributed by atoms with van der Waals surface area (Å²) in [5.41, 5.74) is 3.68. The molecule has 3 rings (SSSR count). The van der Waals surface area contributed by atoms with E-state index in [4.69, 9.17) is 0 Å². The maximum atomic E-state index is 12.5. The third-order valence-corrected chi connectivity index (χ3v) is 4.71. The molecule has 0 saturated carbocycles. The van der Waals surface area contributed by atoms with E-state index in [1.807, 2.05) is 62.4 Å². The largest absolute Gasteiger partial charge is 0.374 e. The van der Waals surface area contributed by atoms with Crippen molar-refractivity contribution < 1.29 is 4.79 Å². The van der Waals surface area contributed by atoms with Gasteiger partial charge in [-0.2, -0.15) is 0 Å². The Morgan fingerprint density at radius 3 is 2.79 bits per heavy atom. The first-order valence-electron chi connectivity index (χ1n) is 7.72. The van der Waals surface area contributed by atoms with Gasteiger partial charge in [-0.05, 0) is 55.8 Å². The molecular formula is C19H18BrN3O. The molecule has 0 bridgehead atoms. The van der Waals surface area contributed by atoms with E-state index >= 15 is 0 Å². The molecule has 1 aromatic heterocycles. The van der Waals surface area contributed by atoms with Crippen molar-refractivity contribution in [3.05, 3.63) is 64.8 Å². The summed E-state index contributed by atoms with van der Waals surface area (Å²) in [5.74, 6) is -0.0944. The molecule has 1 unspecified atom stereocenters. The zero-order valence-corrected chi connectivity index (χ0v) is 15.1. The molecule has 122 valence electrons. The molecule has 3 aromatic rings. The Kier molecular flexibility index (Phi) is 4.81. The molecule has 0 aliphatic rings. The molecule has 0 aliphatic carbocycles. The van der Waals surface area contributed by atoms with Crippen LogP contribution in [0, 0.1) is 6.92 Å². The maximum Gasteiger partial charge on any atom is 0.246 e. The van der Waals surface area contributed by atoms with Gasteiger partial charge in [-0.3, -0.25) is 9.78 Å². The van der Waals surface area contributed by atoms with Gasteiger partial charge in [-0.25, -0.2) is 0 Å². The average molecular weight is 384 g/mol. The van der Waals surface area contributed by atoms with Gasteiger partial charge in [0.2, 0.25) is 5.91 Å². The van der Waals surface area contributed by atoms with Crippen molar-refractivity contribution in [2.75, 3.05) is 10.6 Å². The number of halogens is 1. The van der Waals surface area contributed by atoms with Crippen LogP contribution in [0.2, 0.25) is 0 Å². The molecule has 2 N–H and O–H groups in total. The van der Waals surface area contributed by atoms with Gasteiger partial charge in [0.1, 0.15) is 6.04 Å². The molecule has 0 radical (unpaired) electrons. The molecule has 1 atom stereocenters. The van der Waals surface area contributed by atoms with Crippen LogP contribution in [0.25, 0.3) is 10.9 Å². The number of hydrogen-bond donors (Lipinski definition) is 2. The Hall–Kier alpha value is -2.40. The zero-order valence-electron chi connectivity index (χ0n) is 13.5. The van der Waals surface area contributed by atoms with Crippen molar-refractivity contribution in [1.82, 2.24) is 4.98 Å². The summed E-state index contributed by atoms with van der Waals surface area (Å²) in [5, 5.41) is 7.13. The van der Waals surface area contributed by atoms with E-state index < -0.39 is 0 Å². The fourth-order valence-electron chi connectivity index (χ4n) is 2.45. The summed E-state index contributed by atoms with van der Waals surface area (Å²) in [6, 6.07) is 15.1. The Bertz CT molecular complexity index is 889. The average Bonchev–Trinajstić information content (AvgIpc) is 2.58. The van der Waals surface area contributed by atoms with Gasteiger partial charge in [-0.1, -0.05) is 28.1 Å². The smallest absolute Gasteiger partial charge is 0.246 e. The van der Waals surface area contributed by atoms with Crippen molar-refractivity contribution in [3.8, 4) is 0 Å². The number of pyridine rings is 1. The number of nitrogens with one attached hydrogen (secondary N) is 2. The molecule has 0 spiro atoms. The number of nitrogens with zero attached hydrogens (tertiary/aromatic N) is 1. The fraction of sp³-hybridized carbons (Fsp3) is 0.158. The number of aryl methyl sites for hydroxylation is 1. The summed E-state index contributed by atoms with van der Waals surface area (Å²) in [4.78, 5) is 16.8. The van der Waals surface area contributed by atoms with Crippen molar-refractivity contribution in [2.24, 2.45) is 0 Å². The van der Waals surface area contributed by atoms with Gasteiger partial charge in [0.15, 0.2) is 0 Å². The second kappa shape index (κ2) is 7.01. The van der Waals surface area contributed by atoms with Gasteiger partial charge in [-0.15, -0.1) is 0 Å². The first kappa shape index (κ1) is 16.5. The van der Waals surface area contributed by atoms with Crippen LogP contribution in [0.5, 0.6) is 0 Å². The highest BCUT2D eigenvalue weighted by Gasteiger charge is 2.14. The lowest BCUT2D eigenvalue weighted by molar-refractivity contribution is -0.116. The minimum Gasteiger partial charge on any atom is -0.374 e. The number of carbonyl (C=O) groups excluding carboxylic acids is 1. The molecule has 1 amide bonds. The van der Waals surface area contributed by atoms with Crippen molar-refractivity contribution in [1.29, 1.82) is 0 Å². The molecule has 0 saturated heterocycles. The van der Waals surface area contributed by atoms with Crippen molar-refractivity contribution >= 4 is 44.1 Å². The number of benzene rings is 2. The Morgan fingerprint density at radius 1 is 1.17 bits per heavy atom. The predicted molar refractivity (Wildman–Crippen MR) is 102 cm³/mol. The molecular weight excluding hydrogens is 366 g/mol. The fourth-order valence-corrected chi connectivity index (χ4v) is 2.83. The van der Waals surface area contributed by atoms with Crippen molar-refractivity contribution in [3.63, 3.8) is 0 Å². The van der Waals surface area contributed by atoms with Gasteiger partial charge in [0.05, 0.1) is 11.2 Å². The van der Waals surface area contributed by atoms with E-state index in [-0.39, 0.29) is 11.9 Å². The number of aromatic nitrogens is 1. The first-order valence-corrected chi connectivity index (χ1v) is 8.51. The summed E-state index contributed by atoms with van der Waals surface area (Å²) < 4.78 is 1.01. The van der Waals surface area contributed by atoms with Gasteiger partial charge >= 0.3 is 0 Å². The minimum absolute atomic E-state index is 0.0944. The highest BCUT2D eigenvalue weighted by atomic mass is 79.9. The summed E-state index contributed by atoms with van der Waals surface area (Å²) in [6.45, 7) is 3.87. The van der Waals surface area contributed by atoms with E-state index in [9.17, 15) is 4.79 Å². The molecule has 2 aromatic carbocycles. The first-order chi connectivity index (χ1) is 11.5. The molecule has 4 nitrogen and oxygen atoms in total. The summed E-state index contributed by atoms with van der Waals surface area (Å²) in [6.07, 6.45) is 1.74. The van der Waals surface area contributed by atoms with Crippen LogP contribution in [0.3, 0.4) is 0 Å². The lowest BCUT2D eigenvalue weighted by Crippen LogP contribution is -2.31. The van der Waals surface area contributed by atoms with Gasteiger partial charge < -0.3 is 10.6 Å². The number of rotatable bonds is 4. The third-order valence-electron chi connectivity index (χ3n) is 3.85. The number of amides is 1. The molecule has 0 fully saturated rings. The highest BCUT2D eigenvalue weighted by Crippen LogP contribution is 2.23.